The van der Waals surface area contributed by atoms with Crippen LogP contribution in [-0.4, -0.2) is 19.3 Å². The molecule has 2 heteroatoms. The predicted molar refractivity (Wildman–Crippen MR) is 78.4 cm³/mol. The molecule has 1 aromatic carbocycles. The first-order chi connectivity index (χ1) is 9.20. The molecule has 0 heterocycles. The van der Waals surface area contributed by atoms with Crippen molar-refractivity contribution in [3.8, 4) is 0 Å². The summed E-state index contributed by atoms with van der Waals surface area (Å²) in [6, 6.07) is 8.62. The molecule has 19 heavy (non-hydrogen) atoms. The Labute approximate surface area is 117 Å². The minimum absolute atomic E-state index is 0.409. The van der Waals surface area contributed by atoms with Crippen LogP contribution in [0.15, 0.2) is 24.3 Å². The molecule has 1 aliphatic carbocycles. The van der Waals surface area contributed by atoms with Gasteiger partial charge in [-0.1, -0.05) is 38.1 Å². The number of methoxy groups -OCH3 is 1. The lowest BCUT2D eigenvalue weighted by Crippen LogP contribution is -2.25. The normalized spacial score (nSPS) is 23.8. The maximum atomic E-state index is 6.10. The fraction of sp³-hybridized carbons (Fsp3) is 0.647. The summed E-state index contributed by atoms with van der Waals surface area (Å²) >= 11 is 0. The highest BCUT2D eigenvalue weighted by molar-refractivity contribution is 5.29. The average molecular weight is 262 g/mol. The van der Waals surface area contributed by atoms with Crippen LogP contribution in [0.1, 0.15) is 56.6 Å². The topological polar surface area (TPSA) is 18.5 Å². The Kier molecular flexibility index (Phi) is 5.41. The molecule has 2 nitrogen and oxygen atoms in total. The quantitative estimate of drug-likeness (QED) is 0.788. The number of hydrogen-bond acceptors (Lipinski definition) is 2. The van der Waals surface area contributed by atoms with Crippen molar-refractivity contribution in [2.45, 2.75) is 64.3 Å². The third-order valence-electron chi connectivity index (χ3n) is 4.11. The molecule has 0 spiro atoms. The molecule has 0 unspecified atom stereocenters. The van der Waals surface area contributed by atoms with Gasteiger partial charge in [0.15, 0.2) is 0 Å². The van der Waals surface area contributed by atoms with Gasteiger partial charge in [-0.05, 0) is 42.7 Å². The van der Waals surface area contributed by atoms with Crippen molar-refractivity contribution in [3.63, 3.8) is 0 Å². The highest BCUT2D eigenvalue weighted by atomic mass is 16.5. The van der Waals surface area contributed by atoms with Crippen molar-refractivity contribution in [2.24, 2.45) is 0 Å². The summed E-state index contributed by atoms with van der Waals surface area (Å²) in [6.07, 6.45) is 5.37. The first-order valence-electron chi connectivity index (χ1n) is 7.43. The van der Waals surface area contributed by atoms with Gasteiger partial charge in [-0.25, -0.2) is 0 Å². The van der Waals surface area contributed by atoms with Crippen LogP contribution in [0, 0.1) is 0 Å². The summed E-state index contributed by atoms with van der Waals surface area (Å²) in [4.78, 5) is 0. The first kappa shape index (κ1) is 14.5. The van der Waals surface area contributed by atoms with Crippen molar-refractivity contribution < 1.29 is 9.47 Å². The van der Waals surface area contributed by atoms with Gasteiger partial charge >= 0.3 is 0 Å². The van der Waals surface area contributed by atoms with Gasteiger partial charge in [0.1, 0.15) is 0 Å². The van der Waals surface area contributed by atoms with E-state index >= 15 is 0 Å². The van der Waals surface area contributed by atoms with E-state index in [-0.39, 0.29) is 0 Å². The Balaban J connectivity index is 1.86. The van der Waals surface area contributed by atoms with Gasteiger partial charge in [-0.3, -0.25) is 0 Å². The standard InChI is InChI=1S/C17H26O2/c1-13(2)17-7-5-4-6-14(17)12-19-16-10-8-15(18-3)9-11-16/h4-7,13,15-16H,8-12H2,1-3H3. The van der Waals surface area contributed by atoms with E-state index in [1.54, 1.807) is 0 Å². The van der Waals surface area contributed by atoms with Crippen LogP contribution in [-0.2, 0) is 16.1 Å². The van der Waals surface area contributed by atoms with Crippen LogP contribution in [0.5, 0.6) is 0 Å². The molecule has 0 N–H and O–H groups in total. The van der Waals surface area contributed by atoms with Crippen LogP contribution in [0.2, 0.25) is 0 Å². The fourth-order valence-corrected chi connectivity index (χ4v) is 2.87. The summed E-state index contributed by atoms with van der Waals surface area (Å²) < 4.78 is 11.5. The van der Waals surface area contributed by atoms with Gasteiger partial charge in [-0.2, -0.15) is 0 Å². The van der Waals surface area contributed by atoms with E-state index in [9.17, 15) is 0 Å². The SMILES string of the molecule is COC1CCC(OCc2ccccc2C(C)C)CC1. The smallest absolute Gasteiger partial charge is 0.0723 e. The molecule has 1 aromatic rings. The Morgan fingerprint density at radius 2 is 1.68 bits per heavy atom. The molecule has 0 saturated heterocycles. The number of rotatable bonds is 5. The van der Waals surface area contributed by atoms with Crippen molar-refractivity contribution in [1.29, 1.82) is 0 Å². The van der Waals surface area contributed by atoms with E-state index in [4.69, 9.17) is 9.47 Å². The summed E-state index contributed by atoms with van der Waals surface area (Å²) in [7, 11) is 1.81. The van der Waals surface area contributed by atoms with Crippen molar-refractivity contribution >= 4 is 0 Å². The molecule has 0 aromatic heterocycles. The second-order valence-corrected chi connectivity index (χ2v) is 5.80. The molecule has 2 rings (SSSR count). The first-order valence-corrected chi connectivity index (χ1v) is 7.43. The van der Waals surface area contributed by atoms with Gasteiger partial charge < -0.3 is 9.47 Å². The maximum Gasteiger partial charge on any atom is 0.0723 e. The molecule has 1 fully saturated rings. The maximum absolute atomic E-state index is 6.10. The predicted octanol–water partition coefficient (Wildman–Crippen LogP) is 4.28. The monoisotopic (exact) mass is 262 g/mol. The van der Waals surface area contributed by atoms with Gasteiger partial charge in [0.2, 0.25) is 0 Å². The lowest BCUT2D eigenvalue weighted by Gasteiger charge is -2.28. The Bertz CT molecular complexity index is 379. The van der Waals surface area contributed by atoms with E-state index in [2.05, 4.69) is 38.1 Å². The van der Waals surface area contributed by atoms with Crippen LogP contribution in [0.25, 0.3) is 0 Å². The van der Waals surface area contributed by atoms with Gasteiger partial charge in [0.05, 0.1) is 18.8 Å². The molecule has 0 amide bonds. The van der Waals surface area contributed by atoms with E-state index in [0.717, 1.165) is 32.3 Å². The number of benzene rings is 1. The lowest BCUT2D eigenvalue weighted by molar-refractivity contribution is -0.0237. The molecule has 0 atom stereocenters. The molecular weight excluding hydrogens is 236 g/mol. The lowest BCUT2D eigenvalue weighted by atomic mass is 9.94. The van der Waals surface area contributed by atoms with Crippen molar-refractivity contribution in [3.05, 3.63) is 35.4 Å². The van der Waals surface area contributed by atoms with E-state index in [0.29, 0.717) is 18.1 Å². The number of ether oxygens (including phenoxy) is 2. The minimum atomic E-state index is 0.409. The van der Waals surface area contributed by atoms with E-state index < -0.39 is 0 Å². The molecule has 1 aliphatic rings. The molecule has 106 valence electrons. The third-order valence-corrected chi connectivity index (χ3v) is 4.11. The van der Waals surface area contributed by atoms with Crippen LogP contribution < -0.4 is 0 Å². The number of hydrogen-bond donors (Lipinski definition) is 0. The minimum Gasteiger partial charge on any atom is -0.381 e. The third kappa shape index (κ3) is 4.05. The summed E-state index contributed by atoms with van der Waals surface area (Å²) in [5, 5.41) is 0. The largest absolute Gasteiger partial charge is 0.381 e. The molecule has 0 aliphatic heterocycles. The van der Waals surface area contributed by atoms with E-state index in [1.165, 1.54) is 11.1 Å². The summed E-state index contributed by atoms with van der Waals surface area (Å²) in [5.41, 5.74) is 2.75. The Morgan fingerprint density at radius 1 is 1.05 bits per heavy atom. The molecular formula is C17H26O2. The van der Waals surface area contributed by atoms with Crippen molar-refractivity contribution in [2.75, 3.05) is 7.11 Å². The van der Waals surface area contributed by atoms with Gasteiger partial charge in [0.25, 0.3) is 0 Å². The van der Waals surface area contributed by atoms with Gasteiger partial charge in [-0.15, -0.1) is 0 Å². The zero-order valence-corrected chi connectivity index (χ0v) is 12.4. The second kappa shape index (κ2) is 7.06. The van der Waals surface area contributed by atoms with Crippen molar-refractivity contribution in [1.82, 2.24) is 0 Å². The molecule has 0 bridgehead atoms. The molecule has 0 radical (unpaired) electrons. The van der Waals surface area contributed by atoms with Gasteiger partial charge in [0, 0.05) is 7.11 Å². The molecule has 1 saturated carbocycles. The zero-order valence-electron chi connectivity index (χ0n) is 12.4. The van der Waals surface area contributed by atoms with Crippen LogP contribution in [0.4, 0.5) is 0 Å². The highest BCUT2D eigenvalue weighted by Crippen LogP contribution is 2.25. The van der Waals surface area contributed by atoms with E-state index in [1.807, 2.05) is 7.11 Å². The average Bonchev–Trinajstić information content (AvgIpc) is 2.46. The van der Waals surface area contributed by atoms with Crippen LogP contribution >= 0.6 is 0 Å². The fourth-order valence-electron chi connectivity index (χ4n) is 2.87. The second-order valence-electron chi connectivity index (χ2n) is 5.80. The Hall–Kier alpha value is -0.860. The zero-order chi connectivity index (χ0) is 13.7. The summed E-state index contributed by atoms with van der Waals surface area (Å²) in [5.74, 6) is 0.559. The highest BCUT2D eigenvalue weighted by Gasteiger charge is 2.21. The summed E-state index contributed by atoms with van der Waals surface area (Å²) in [6.45, 7) is 5.22. The van der Waals surface area contributed by atoms with Crippen LogP contribution in [0.3, 0.4) is 0 Å². The Morgan fingerprint density at radius 3 is 2.32 bits per heavy atom.